The lowest BCUT2D eigenvalue weighted by Gasteiger charge is -2.30. The van der Waals surface area contributed by atoms with Gasteiger partial charge in [0.25, 0.3) is 0 Å². The molecule has 0 aromatic heterocycles. The van der Waals surface area contributed by atoms with E-state index >= 15 is 0 Å². The molecule has 15 heavy (non-hydrogen) atoms. The summed E-state index contributed by atoms with van der Waals surface area (Å²) in [5.41, 5.74) is 2.21. The van der Waals surface area contributed by atoms with E-state index in [2.05, 4.69) is 10.3 Å². The second kappa shape index (κ2) is 5.23. The van der Waals surface area contributed by atoms with E-state index in [1.807, 2.05) is 0 Å². The van der Waals surface area contributed by atoms with Crippen molar-refractivity contribution in [1.82, 2.24) is 5.48 Å². The van der Waals surface area contributed by atoms with Crippen molar-refractivity contribution in [1.29, 1.82) is 0 Å². The molecule has 5 heteroatoms. The third kappa shape index (κ3) is 3.00. The van der Waals surface area contributed by atoms with Crippen LogP contribution in [0.3, 0.4) is 0 Å². The number of hydroxylamine groups is 1. The van der Waals surface area contributed by atoms with Crippen LogP contribution in [-0.4, -0.2) is 30.0 Å². The van der Waals surface area contributed by atoms with Crippen molar-refractivity contribution in [3.8, 4) is 0 Å². The lowest BCUT2D eigenvalue weighted by molar-refractivity contribution is -0.143. The molecule has 5 nitrogen and oxygen atoms in total. The summed E-state index contributed by atoms with van der Waals surface area (Å²) in [5.74, 6) is -0.793. The van der Waals surface area contributed by atoms with Crippen molar-refractivity contribution in [2.45, 2.75) is 32.3 Å². The minimum Gasteiger partial charge on any atom is -0.392 e. The Kier molecular flexibility index (Phi) is 4.23. The summed E-state index contributed by atoms with van der Waals surface area (Å²) in [6.45, 7) is 1.52. The second-order valence-corrected chi connectivity index (χ2v) is 3.96. The van der Waals surface area contributed by atoms with Gasteiger partial charge in [0.2, 0.25) is 5.91 Å². The first-order valence-electron chi connectivity index (χ1n) is 5.07. The molecule has 0 aromatic rings. The predicted molar refractivity (Wildman–Crippen MR) is 52.7 cm³/mol. The highest BCUT2D eigenvalue weighted by Crippen LogP contribution is 2.29. The third-order valence-corrected chi connectivity index (χ3v) is 2.93. The minimum absolute atomic E-state index is 0.0830. The Morgan fingerprint density at radius 3 is 2.53 bits per heavy atom. The van der Waals surface area contributed by atoms with Gasteiger partial charge in [-0.2, -0.15) is 0 Å². The van der Waals surface area contributed by atoms with Gasteiger partial charge in [0.15, 0.2) is 0 Å². The van der Waals surface area contributed by atoms with Crippen molar-refractivity contribution < 1.29 is 19.5 Å². The Hall–Kier alpha value is -0.940. The number of hydrogen-bond acceptors (Lipinski definition) is 4. The molecule has 0 radical (unpaired) electrons. The van der Waals surface area contributed by atoms with Crippen LogP contribution in [0.5, 0.6) is 0 Å². The number of hydrogen-bond donors (Lipinski definition) is 2. The van der Waals surface area contributed by atoms with E-state index in [-0.39, 0.29) is 17.6 Å². The Morgan fingerprint density at radius 1 is 1.40 bits per heavy atom. The summed E-state index contributed by atoms with van der Waals surface area (Å²) in [5, 5.41) is 9.72. The fourth-order valence-electron chi connectivity index (χ4n) is 2.00. The van der Waals surface area contributed by atoms with Gasteiger partial charge in [-0.1, -0.05) is 0 Å². The minimum atomic E-state index is -0.747. The van der Waals surface area contributed by atoms with E-state index < -0.39 is 12.0 Å². The van der Waals surface area contributed by atoms with E-state index in [9.17, 15) is 14.7 Å². The van der Waals surface area contributed by atoms with Gasteiger partial charge in [-0.3, -0.25) is 14.4 Å². The Morgan fingerprint density at radius 2 is 2.07 bits per heavy atom. The summed E-state index contributed by atoms with van der Waals surface area (Å²) >= 11 is 0. The molecule has 1 fully saturated rings. The molecule has 0 spiro atoms. The van der Waals surface area contributed by atoms with Crippen molar-refractivity contribution in [3.63, 3.8) is 0 Å². The number of aliphatic hydroxyl groups is 1. The number of Topliss-reactive ketones (excluding diaryl/α,β-unsaturated/α-hetero) is 1. The number of aliphatic hydroxyl groups excluding tert-OH is 1. The molecular weight excluding hydrogens is 198 g/mol. The quantitative estimate of drug-likeness (QED) is 0.651. The van der Waals surface area contributed by atoms with Crippen LogP contribution < -0.4 is 5.48 Å². The molecule has 0 heterocycles. The molecule has 0 aromatic carbocycles. The third-order valence-electron chi connectivity index (χ3n) is 2.93. The smallest absolute Gasteiger partial charge is 0.249 e. The van der Waals surface area contributed by atoms with Gasteiger partial charge in [0.1, 0.15) is 5.78 Å². The Labute approximate surface area is 88.8 Å². The van der Waals surface area contributed by atoms with Gasteiger partial charge >= 0.3 is 0 Å². The van der Waals surface area contributed by atoms with E-state index in [0.717, 1.165) is 0 Å². The summed E-state index contributed by atoms with van der Waals surface area (Å²) in [6, 6.07) is 0. The summed E-state index contributed by atoms with van der Waals surface area (Å²) in [4.78, 5) is 27.0. The maximum atomic E-state index is 11.4. The molecule has 0 saturated heterocycles. The number of ketones is 1. The number of amides is 1. The van der Waals surface area contributed by atoms with E-state index in [1.54, 1.807) is 0 Å². The molecule has 1 aliphatic rings. The van der Waals surface area contributed by atoms with Gasteiger partial charge in [0, 0.05) is 5.92 Å². The lowest BCUT2D eigenvalue weighted by Crippen LogP contribution is -2.41. The van der Waals surface area contributed by atoms with Crippen LogP contribution in [-0.2, 0) is 14.4 Å². The molecule has 1 rings (SSSR count). The molecule has 3 atom stereocenters. The molecule has 3 unspecified atom stereocenters. The zero-order valence-corrected chi connectivity index (χ0v) is 9.03. The Bertz CT molecular complexity index is 254. The highest BCUT2D eigenvalue weighted by Gasteiger charge is 2.35. The SMILES string of the molecule is CONC(=O)C1CCC(C(C)=O)CC1O. The van der Waals surface area contributed by atoms with Crippen LogP contribution in [0, 0.1) is 11.8 Å². The van der Waals surface area contributed by atoms with E-state index in [0.29, 0.717) is 19.3 Å². The molecule has 1 aliphatic carbocycles. The molecule has 1 amide bonds. The van der Waals surface area contributed by atoms with E-state index in [4.69, 9.17) is 0 Å². The topological polar surface area (TPSA) is 75.6 Å². The molecular formula is C10H17NO4. The van der Waals surface area contributed by atoms with Crippen molar-refractivity contribution in [2.75, 3.05) is 7.11 Å². The van der Waals surface area contributed by atoms with Gasteiger partial charge in [0.05, 0.1) is 19.1 Å². The maximum Gasteiger partial charge on any atom is 0.249 e. The van der Waals surface area contributed by atoms with Gasteiger partial charge < -0.3 is 5.11 Å². The van der Waals surface area contributed by atoms with E-state index in [1.165, 1.54) is 14.0 Å². The molecule has 0 aliphatic heterocycles. The van der Waals surface area contributed by atoms with Crippen molar-refractivity contribution in [3.05, 3.63) is 0 Å². The number of nitrogens with one attached hydrogen (secondary N) is 1. The maximum absolute atomic E-state index is 11.4. The number of rotatable bonds is 3. The van der Waals surface area contributed by atoms with Gasteiger partial charge in [-0.15, -0.1) is 0 Å². The molecule has 86 valence electrons. The fraction of sp³-hybridized carbons (Fsp3) is 0.800. The fourth-order valence-corrected chi connectivity index (χ4v) is 2.00. The first-order valence-corrected chi connectivity index (χ1v) is 5.07. The van der Waals surface area contributed by atoms with Crippen LogP contribution in [0.25, 0.3) is 0 Å². The first-order chi connectivity index (χ1) is 7.06. The van der Waals surface area contributed by atoms with Crippen LogP contribution in [0.4, 0.5) is 0 Å². The molecule has 2 N–H and O–H groups in total. The van der Waals surface area contributed by atoms with Gasteiger partial charge in [-0.05, 0) is 26.2 Å². The van der Waals surface area contributed by atoms with Crippen molar-refractivity contribution in [2.24, 2.45) is 11.8 Å². The second-order valence-electron chi connectivity index (χ2n) is 3.96. The predicted octanol–water partition coefficient (Wildman–Crippen LogP) is 0.0302. The summed E-state index contributed by atoms with van der Waals surface area (Å²) < 4.78 is 0. The zero-order valence-electron chi connectivity index (χ0n) is 9.03. The zero-order chi connectivity index (χ0) is 11.4. The highest BCUT2D eigenvalue weighted by atomic mass is 16.6. The number of carbonyl (C=O) groups excluding carboxylic acids is 2. The van der Waals surface area contributed by atoms with Gasteiger partial charge in [-0.25, -0.2) is 5.48 Å². The largest absolute Gasteiger partial charge is 0.392 e. The average molecular weight is 215 g/mol. The standard InChI is InChI=1S/C10H17NO4/c1-6(12)7-3-4-8(9(13)5-7)10(14)11-15-2/h7-9,13H,3-5H2,1-2H3,(H,11,14). The highest BCUT2D eigenvalue weighted by molar-refractivity contribution is 5.81. The normalized spacial score (nSPS) is 31.0. The summed E-state index contributed by atoms with van der Waals surface area (Å²) in [7, 11) is 1.35. The van der Waals surface area contributed by atoms with Crippen LogP contribution in [0.15, 0.2) is 0 Å². The first kappa shape index (κ1) is 12.1. The Balaban J connectivity index is 2.52. The lowest BCUT2D eigenvalue weighted by atomic mass is 9.78. The average Bonchev–Trinajstić information content (AvgIpc) is 2.17. The molecule has 0 bridgehead atoms. The van der Waals surface area contributed by atoms with Crippen LogP contribution >= 0.6 is 0 Å². The number of carbonyl (C=O) groups is 2. The van der Waals surface area contributed by atoms with Crippen molar-refractivity contribution >= 4 is 11.7 Å². The van der Waals surface area contributed by atoms with Crippen LogP contribution in [0.2, 0.25) is 0 Å². The summed E-state index contributed by atoms with van der Waals surface area (Å²) in [6.07, 6.45) is 0.814. The van der Waals surface area contributed by atoms with Crippen LogP contribution in [0.1, 0.15) is 26.2 Å². The monoisotopic (exact) mass is 215 g/mol. The molecule has 1 saturated carbocycles.